The van der Waals surface area contributed by atoms with Crippen molar-refractivity contribution in [2.45, 2.75) is 0 Å². The third-order valence-electron chi connectivity index (χ3n) is 2.74. The maximum atomic E-state index is 11.9. The van der Waals surface area contributed by atoms with Gasteiger partial charge in [-0.1, -0.05) is 40.9 Å². The summed E-state index contributed by atoms with van der Waals surface area (Å²) in [5.41, 5.74) is 2.69. The number of carbonyl (C=O) groups excluding carboxylic acids is 1. The van der Waals surface area contributed by atoms with Crippen molar-refractivity contribution in [1.82, 2.24) is 5.43 Å². The second-order valence-electron chi connectivity index (χ2n) is 4.29. The Hall–Kier alpha value is -2.15. The monoisotopic (exact) mass is 371 g/mol. The number of nitrogens with one attached hydrogen (secondary N) is 1. The largest absolute Gasteiger partial charge is 0.272 e. The zero-order valence-electron chi connectivity index (χ0n) is 11.3. The van der Waals surface area contributed by atoms with E-state index in [2.05, 4.69) is 10.5 Å². The van der Waals surface area contributed by atoms with Crippen molar-refractivity contribution in [3.05, 3.63) is 72.7 Å². The molecule has 0 aromatic heterocycles. The molecule has 1 amide bonds. The first-order valence-electron chi connectivity index (χ1n) is 6.11. The molecule has 0 saturated heterocycles. The Kier molecular flexibility index (Phi) is 5.54. The summed E-state index contributed by atoms with van der Waals surface area (Å²) in [6, 6.07) is 8.33. The first-order chi connectivity index (χ1) is 10.9. The van der Waals surface area contributed by atoms with Gasteiger partial charge in [0.05, 0.1) is 26.7 Å². The molecular formula is C14H8Cl3N3O3. The molecule has 9 heteroatoms. The van der Waals surface area contributed by atoms with Crippen molar-refractivity contribution >= 4 is 52.6 Å². The minimum Gasteiger partial charge on any atom is -0.267 e. The maximum absolute atomic E-state index is 11.9. The van der Waals surface area contributed by atoms with Crippen LogP contribution in [0.3, 0.4) is 0 Å². The lowest BCUT2D eigenvalue weighted by Gasteiger charge is -2.03. The molecule has 0 heterocycles. The molecule has 118 valence electrons. The average molecular weight is 373 g/mol. The van der Waals surface area contributed by atoms with Gasteiger partial charge in [-0.05, 0) is 18.2 Å². The average Bonchev–Trinajstić information content (AvgIpc) is 2.49. The summed E-state index contributed by atoms with van der Waals surface area (Å²) in [6.45, 7) is 0. The first-order valence-corrected chi connectivity index (χ1v) is 7.24. The summed E-state index contributed by atoms with van der Waals surface area (Å²) in [4.78, 5) is 22.0. The van der Waals surface area contributed by atoms with Crippen molar-refractivity contribution in [1.29, 1.82) is 0 Å². The number of halogens is 3. The molecule has 0 atom stereocenters. The number of nitro groups is 1. The van der Waals surface area contributed by atoms with E-state index in [4.69, 9.17) is 34.8 Å². The molecule has 2 aromatic rings. The number of hydrogen-bond donors (Lipinski definition) is 1. The van der Waals surface area contributed by atoms with Crippen LogP contribution < -0.4 is 5.43 Å². The lowest BCUT2D eigenvalue weighted by Crippen LogP contribution is -2.18. The van der Waals surface area contributed by atoms with Gasteiger partial charge in [-0.2, -0.15) is 5.10 Å². The predicted octanol–water partition coefficient (Wildman–Crippen LogP) is 4.32. The zero-order chi connectivity index (χ0) is 17.0. The van der Waals surface area contributed by atoms with Crippen molar-refractivity contribution in [3.63, 3.8) is 0 Å². The van der Waals surface area contributed by atoms with E-state index in [0.717, 1.165) is 6.07 Å². The van der Waals surface area contributed by atoms with Gasteiger partial charge in [-0.25, -0.2) is 5.43 Å². The highest BCUT2D eigenvalue weighted by Gasteiger charge is 2.14. The Labute approximate surface area is 145 Å². The fraction of sp³-hybridized carbons (Fsp3) is 0. The second-order valence-corrected chi connectivity index (χ2v) is 5.54. The molecular weight excluding hydrogens is 365 g/mol. The fourth-order valence-corrected chi connectivity index (χ4v) is 2.35. The van der Waals surface area contributed by atoms with Crippen LogP contribution in [-0.4, -0.2) is 17.0 Å². The summed E-state index contributed by atoms with van der Waals surface area (Å²) >= 11 is 17.6. The van der Waals surface area contributed by atoms with Crippen LogP contribution in [0.5, 0.6) is 0 Å². The number of rotatable bonds is 4. The Morgan fingerprint density at radius 1 is 1.13 bits per heavy atom. The van der Waals surface area contributed by atoms with Gasteiger partial charge in [-0.15, -0.1) is 0 Å². The molecule has 0 radical (unpaired) electrons. The zero-order valence-corrected chi connectivity index (χ0v) is 13.6. The van der Waals surface area contributed by atoms with Crippen LogP contribution in [0.4, 0.5) is 5.69 Å². The lowest BCUT2D eigenvalue weighted by atomic mass is 10.2. The number of amides is 1. The number of carbonyl (C=O) groups is 1. The highest BCUT2D eigenvalue weighted by atomic mass is 35.5. The van der Waals surface area contributed by atoms with E-state index in [1.54, 1.807) is 18.2 Å². The number of nitro benzene ring substituents is 1. The molecule has 0 aliphatic heterocycles. The minimum absolute atomic E-state index is 0.0450. The number of hydrogen-bond acceptors (Lipinski definition) is 4. The molecule has 1 N–H and O–H groups in total. The summed E-state index contributed by atoms with van der Waals surface area (Å²) in [5, 5.41) is 15.2. The van der Waals surface area contributed by atoms with Gasteiger partial charge < -0.3 is 0 Å². The van der Waals surface area contributed by atoms with Gasteiger partial charge >= 0.3 is 0 Å². The quantitative estimate of drug-likeness (QED) is 0.493. The summed E-state index contributed by atoms with van der Waals surface area (Å²) in [7, 11) is 0. The van der Waals surface area contributed by atoms with Gasteiger partial charge in [0.25, 0.3) is 11.6 Å². The van der Waals surface area contributed by atoms with Crippen molar-refractivity contribution in [2.75, 3.05) is 0 Å². The molecule has 2 aromatic carbocycles. The van der Waals surface area contributed by atoms with Gasteiger partial charge in [0, 0.05) is 22.7 Å². The van der Waals surface area contributed by atoms with Crippen LogP contribution in [0.2, 0.25) is 15.1 Å². The smallest absolute Gasteiger partial charge is 0.267 e. The Bertz CT molecular complexity index is 809. The van der Waals surface area contributed by atoms with E-state index < -0.39 is 10.8 Å². The van der Waals surface area contributed by atoms with Crippen LogP contribution in [-0.2, 0) is 0 Å². The van der Waals surface area contributed by atoms with E-state index in [0.29, 0.717) is 15.6 Å². The molecule has 0 aliphatic carbocycles. The first kappa shape index (κ1) is 17.2. The van der Waals surface area contributed by atoms with Gasteiger partial charge in [0.1, 0.15) is 0 Å². The number of hydrazone groups is 1. The third kappa shape index (κ3) is 4.41. The Morgan fingerprint density at radius 3 is 2.48 bits per heavy atom. The molecule has 23 heavy (non-hydrogen) atoms. The van der Waals surface area contributed by atoms with Crippen molar-refractivity contribution < 1.29 is 9.72 Å². The SMILES string of the molecule is O=C(NN=Cc1ccc(Cl)cc1Cl)c1ccc([N+](=O)[O-])cc1Cl. The molecule has 0 aliphatic rings. The van der Waals surface area contributed by atoms with Crippen LogP contribution in [0.15, 0.2) is 41.5 Å². The van der Waals surface area contributed by atoms with E-state index >= 15 is 0 Å². The fourth-order valence-electron chi connectivity index (χ4n) is 1.63. The molecule has 0 saturated carbocycles. The van der Waals surface area contributed by atoms with Crippen molar-refractivity contribution in [3.8, 4) is 0 Å². The highest BCUT2D eigenvalue weighted by Crippen LogP contribution is 2.22. The topological polar surface area (TPSA) is 84.6 Å². The van der Waals surface area contributed by atoms with Gasteiger partial charge in [0.2, 0.25) is 0 Å². The molecule has 0 spiro atoms. The second kappa shape index (κ2) is 7.41. The van der Waals surface area contributed by atoms with Gasteiger partial charge in [-0.3, -0.25) is 14.9 Å². The number of non-ortho nitro benzene ring substituents is 1. The number of nitrogens with zero attached hydrogens (tertiary/aromatic N) is 2. The van der Waals surface area contributed by atoms with Crippen LogP contribution >= 0.6 is 34.8 Å². The van der Waals surface area contributed by atoms with E-state index in [1.807, 2.05) is 0 Å². The van der Waals surface area contributed by atoms with Crippen LogP contribution in [0.1, 0.15) is 15.9 Å². The minimum atomic E-state index is -0.605. The van der Waals surface area contributed by atoms with Crippen LogP contribution in [0.25, 0.3) is 0 Å². The Balaban J connectivity index is 2.10. The molecule has 0 fully saturated rings. The number of benzene rings is 2. The van der Waals surface area contributed by atoms with Gasteiger partial charge in [0.15, 0.2) is 0 Å². The van der Waals surface area contributed by atoms with Crippen LogP contribution in [0, 0.1) is 10.1 Å². The molecule has 0 unspecified atom stereocenters. The summed E-state index contributed by atoms with van der Waals surface area (Å²) < 4.78 is 0. The van der Waals surface area contributed by atoms with E-state index in [9.17, 15) is 14.9 Å². The van der Waals surface area contributed by atoms with E-state index in [-0.39, 0.29) is 16.3 Å². The summed E-state index contributed by atoms with van der Waals surface area (Å²) in [5.74, 6) is -0.605. The maximum Gasteiger partial charge on any atom is 0.272 e. The van der Waals surface area contributed by atoms with Crippen molar-refractivity contribution in [2.24, 2.45) is 5.10 Å². The lowest BCUT2D eigenvalue weighted by molar-refractivity contribution is -0.384. The standard InChI is InChI=1S/C14H8Cl3N3O3/c15-9-2-1-8(12(16)5-9)7-18-19-14(21)11-4-3-10(20(22)23)6-13(11)17/h1-7H,(H,19,21). The predicted molar refractivity (Wildman–Crippen MR) is 89.6 cm³/mol. The third-order valence-corrected chi connectivity index (χ3v) is 3.62. The highest BCUT2D eigenvalue weighted by molar-refractivity contribution is 6.36. The Morgan fingerprint density at radius 2 is 1.87 bits per heavy atom. The molecule has 2 rings (SSSR count). The van der Waals surface area contributed by atoms with E-state index in [1.165, 1.54) is 18.3 Å². The summed E-state index contributed by atoms with van der Waals surface area (Å²) in [6.07, 6.45) is 1.34. The molecule has 6 nitrogen and oxygen atoms in total. The molecule has 0 bridgehead atoms. The normalized spacial score (nSPS) is 10.7.